The number of aliphatic carboxylic acids is 1. The normalized spacial score (nSPS) is 26.3. The van der Waals surface area contributed by atoms with Crippen molar-refractivity contribution >= 4 is 11.9 Å². The van der Waals surface area contributed by atoms with Crippen LogP contribution in [0.4, 0.5) is 0 Å². The van der Waals surface area contributed by atoms with Gasteiger partial charge in [-0.1, -0.05) is 6.92 Å². The van der Waals surface area contributed by atoms with Crippen LogP contribution in [0.5, 0.6) is 0 Å². The molecule has 1 aliphatic carbocycles. The molecule has 1 aromatic heterocycles. The lowest BCUT2D eigenvalue weighted by atomic mass is 9.95. The molecule has 0 spiro atoms. The number of aromatic nitrogens is 3. The number of hydrogen-bond acceptors (Lipinski definition) is 4. The van der Waals surface area contributed by atoms with E-state index >= 15 is 0 Å². The van der Waals surface area contributed by atoms with Gasteiger partial charge in [-0.2, -0.15) is 5.10 Å². The molecule has 0 aliphatic heterocycles. The molecular weight excluding hydrogens is 248 g/mol. The number of carboxylic acid groups (broad SMARTS) is 1. The maximum Gasteiger partial charge on any atom is 0.307 e. The van der Waals surface area contributed by atoms with Gasteiger partial charge in [0.05, 0.1) is 11.8 Å². The number of aromatic amines is 1. The Morgan fingerprint density at radius 3 is 2.84 bits per heavy atom. The second kappa shape index (κ2) is 5.81. The summed E-state index contributed by atoms with van der Waals surface area (Å²) in [7, 11) is 0. The van der Waals surface area contributed by atoms with E-state index in [1.165, 1.54) is 6.33 Å². The molecule has 7 nitrogen and oxygen atoms in total. The SMILES string of the molecule is CC1C[C@H](C(=O)NCCc2ncn[nH]2)[C@H](C(=O)O)C1. The largest absolute Gasteiger partial charge is 0.481 e. The average Bonchev–Trinajstić information content (AvgIpc) is 2.98. The van der Waals surface area contributed by atoms with Crippen LogP contribution in [0, 0.1) is 17.8 Å². The summed E-state index contributed by atoms with van der Waals surface area (Å²) in [6.07, 6.45) is 3.20. The second-order valence-corrected chi connectivity index (χ2v) is 5.10. The van der Waals surface area contributed by atoms with Crippen LogP contribution in [0.15, 0.2) is 6.33 Å². The van der Waals surface area contributed by atoms with Gasteiger partial charge < -0.3 is 10.4 Å². The van der Waals surface area contributed by atoms with Crippen molar-refractivity contribution in [2.24, 2.45) is 17.8 Å². The van der Waals surface area contributed by atoms with Gasteiger partial charge >= 0.3 is 5.97 Å². The van der Waals surface area contributed by atoms with Crippen molar-refractivity contribution in [3.05, 3.63) is 12.2 Å². The fourth-order valence-corrected chi connectivity index (χ4v) is 2.64. The number of carboxylic acids is 1. The minimum Gasteiger partial charge on any atom is -0.481 e. The predicted octanol–water partition coefficient (Wildman–Crippen LogP) is 0.210. The molecule has 1 fully saturated rings. The van der Waals surface area contributed by atoms with E-state index in [-0.39, 0.29) is 11.8 Å². The molecule has 19 heavy (non-hydrogen) atoms. The number of carbonyl (C=O) groups is 2. The summed E-state index contributed by atoms with van der Waals surface area (Å²) >= 11 is 0. The first-order chi connectivity index (χ1) is 9.08. The zero-order valence-corrected chi connectivity index (χ0v) is 10.8. The van der Waals surface area contributed by atoms with Crippen molar-refractivity contribution in [2.75, 3.05) is 6.54 Å². The van der Waals surface area contributed by atoms with Gasteiger partial charge in [0.15, 0.2) is 0 Å². The summed E-state index contributed by atoms with van der Waals surface area (Å²) in [5, 5.41) is 18.3. The lowest BCUT2D eigenvalue weighted by Crippen LogP contribution is -2.36. The first-order valence-electron chi connectivity index (χ1n) is 6.42. The van der Waals surface area contributed by atoms with Gasteiger partial charge in [-0.3, -0.25) is 14.7 Å². The molecule has 104 valence electrons. The van der Waals surface area contributed by atoms with Crippen molar-refractivity contribution in [2.45, 2.75) is 26.2 Å². The minimum absolute atomic E-state index is 0.170. The third-order valence-corrected chi connectivity index (χ3v) is 3.58. The van der Waals surface area contributed by atoms with Crippen molar-refractivity contribution < 1.29 is 14.7 Å². The van der Waals surface area contributed by atoms with Gasteiger partial charge in [0.25, 0.3) is 0 Å². The number of nitrogens with zero attached hydrogens (tertiary/aromatic N) is 2. The first kappa shape index (κ1) is 13.5. The van der Waals surface area contributed by atoms with Crippen molar-refractivity contribution in [1.29, 1.82) is 0 Å². The van der Waals surface area contributed by atoms with Crippen molar-refractivity contribution in [3.8, 4) is 0 Å². The van der Waals surface area contributed by atoms with E-state index in [0.29, 0.717) is 31.6 Å². The summed E-state index contributed by atoms with van der Waals surface area (Å²) in [5.74, 6) is -1.03. The Morgan fingerprint density at radius 2 is 2.21 bits per heavy atom. The number of carbonyl (C=O) groups excluding carboxylic acids is 1. The Labute approximate surface area is 110 Å². The molecule has 7 heteroatoms. The van der Waals surface area contributed by atoms with Crippen LogP contribution in [0.3, 0.4) is 0 Å². The second-order valence-electron chi connectivity index (χ2n) is 5.10. The Kier molecular flexibility index (Phi) is 4.13. The van der Waals surface area contributed by atoms with Crippen LogP contribution in [-0.2, 0) is 16.0 Å². The highest BCUT2D eigenvalue weighted by Crippen LogP contribution is 2.36. The standard InChI is InChI=1S/C12H18N4O3/c1-7-4-8(9(5-7)12(18)19)11(17)13-3-2-10-14-6-15-16-10/h6-9H,2-5H2,1H3,(H,13,17)(H,18,19)(H,14,15,16)/t7?,8-,9+/m0/s1. The van der Waals surface area contributed by atoms with Gasteiger partial charge in [0.2, 0.25) is 5.91 Å². The maximum atomic E-state index is 12.0. The number of hydrogen-bond donors (Lipinski definition) is 3. The molecule has 0 aromatic carbocycles. The van der Waals surface area contributed by atoms with Crippen molar-refractivity contribution in [1.82, 2.24) is 20.5 Å². The number of H-pyrrole nitrogens is 1. The Bertz CT molecular complexity index is 446. The molecule has 1 heterocycles. The van der Waals surface area contributed by atoms with Crippen LogP contribution >= 0.6 is 0 Å². The molecule has 1 amide bonds. The monoisotopic (exact) mass is 266 g/mol. The molecular formula is C12H18N4O3. The molecule has 1 saturated carbocycles. The van der Waals surface area contributed by atoms with E-state index in [1.54, 1.807) is 0 Å². The van der Waals surface area contributed by atoms with E-state index in [9.17, 15) is 9.59 Å². The van der Waals surface area contributed by atoms with Crippen LogP contribution in [0.1, 0.15) is 25.6 Å². The van der Waals surface area contributed by atoms with Crippen LogP contribution in [-0.4, -0.2) is 38.7 Å². The molecule has 1 aromatic rings. The highest BCUT2D eigenvalue weighted by molar-refractivity contribution is 5.85. The number of nitrogens with one attached hydrogen (secondary N) is 2. The molecule has 0 bridgehead atoms. The van der Waals surface area contributed by atoms with Gasteiger partial charge in [0, 0.05) is 13.0 Å². The highest BCUT2D eigenvalue weighted by Gasteiger charge is 2.40. The smallest absolute Gasteiger partial charge is 0.307 e. The van der Waals surface area contributed by atoms with Crippen LogP contribution < -0.4 is 5.32 Å². The number of rotatable bonds is 5. The average molecular weight is 266 g/mol. The van der Waals surface area contributed by atoms with Gasteiger partial charge in [0.1, 0.15) is 12.2 Å². The topological polar surface area (TPSA) is 108 Å². The van der Waals surface area contributed by atoms with E-state index in [2.05, 4.69) is 20.5 Å². The quantitative estimate of drug-likeness (QED) is 0.706. The Morgan fingerprint density at radius 1 is 1.47 bits per heavy atom. The summed E-state index contributed by atoms with van der Waals surface area (Å²) < 4.78 is 0. The summed E-state index contributed by atoms with van der Waals surface area (Å²) in [6, 6.07) is 0. The fraction of sp³-hybridized carbons (Fsp3) is 0.667. The lowest BCUT2D eigenvalue weighted by Gasteiger charge is -2.15. The summed E-state index contributed by atoms with van der Waals surface area (Å²) in [4.78, 5) is 27.1. The van der Waals surface area contributed by atoms with E-state index < -0.39 is 17.8 Å². The summed E-state index contributed by atoms with van der Waals surface area (Å²) in [5.41, 5.74) is 0. The molecule has 0 saturated heterocycles. The highest BCUT2D eigenvalue weighted by atomic mass is 16.4. The van der Waals surface area contributed by atoms with Crippen LogP contribution in [0.2, 0.25) is 0 Å². The third kappa shape index (κ3) is 3.30. The van der Waals surface area contributed by atoms with Crippen LogP contribution in [0.25, 0.3) is 0 Å². The van der Waals surface area contributed by atoms with E-state index in [0.717, 1.165) is 0 Å². The zero-order valence-electron chi connectivity index (χ0n) is 10.8. The van der Waals surface area contributed by atoms with Gasteiger partial charge in [-0.15, -0.1) is 0 Å². The lowest BCUT2D eigenvalue weighted by molar-refractivity contribution is -0.146. The van der Waals surface area contributed by atoms with Gasteiger partial charge in [-0.25, -0.2) is 4.98 Å². The molecule has 3 atom stereocenters. The Hall–Kier alpha value is -1.92. The fourth-order valence-electron chi connectivity index (χ4n) is 2.64. The number of amides is 1. The minimum atomic E-state index is -0.875. The van der Waals surface area contributed by atoms with Gasteiger partial charge in [-0.05, 0) is 18.8 Å². The molecule has 3 N–H and O–H groups in total. The Balaban J connectivity index is 1.83. The molecule has 0 radical (unpaired) electrons. The molecule has 1 aliphatic rings. The third-order valence-electron chi connectivity index (χ3n) is 3.58. The molecule has 2 rings (SSSR count). The van der Waals surface area contributed by atoms with E-state index in [4.69, 9.17) is 5.11 Å². The van der Waals surface area contributed by atoms with Crippen molar-refractivity contribution in [3.63, 3.8) is 0 Å². The van der Waals surface area contributed by atoms with E-state index in [1.807, 2.05) is 6.92 Å². The molecule has 1 unspecified atom stereocenters. The maximum absolute atomic E-state index is 12.0. The predicted molar refractivity (Wildman–Crippen MR) is 66.1 cm³/mol. The summed E-state index contributed by atoms with van der Waals surface area (Å²) in [6.45, 7) is 2.42. The zero-order chi connectivity index (χ0) is 13.8. The first-order valence-corrected chi connectivity index (χ1v) is 6.42.